The lowest BCUT2D eigenvalue weighted by atomic mass is 9.99. The Balaban J connectivity index is 1.35. The zero-order valence-corrected chi connectivity index (χ0v) is 14.5. The van der Waals surface area contributed by atoms with Crippen molar-refractivity contribution in [3.63, 3.8) is 0 Å². The van der Waals surface area contributed by atoms with Gasteiger partial charge in [-0.2, -0.15) is 0 Å². The molecule has 0 N–H and O–H groups in total. The minimum absolute atomic E-state index is 0.226. The first-order valence-electron chi connectivity index (χ1n) is 8.86. The Labute approximate surface area is 154 Å². The molecular formula is C19H17N3O5. The maximum Gasteiger partial charge on any atom is 0.414 e. The molecule has 0 spiro atoms. The monoisotopic (exact) mass is 367 g/mol. The summed E-state index contributed by atoms with van der Waals surface area (Å²) in [5.41, 5.74) is 4.16. The molecule has 0 bridgehead atoms. The van der Waals surface area contributed by atoms with E-state index in [0.29, 0.717) is 12.4 Å². The van der Waals surface area contributed by atoms with Gasteiger partial charge in [0.05, 0.1) is 12.7 Å². The highest BCUT2D eigenvalue weighted by atomic mass is 16.6. The Kier molecular flexibility index (Phi) is 3.81. The van der Waals surface area contributed by atoms with Crippen LogP contribution in [0.25, 0.3) is 11.1 Å². The van der Waals surface area contributed by atoms with E-state index in [9.17, 15) is 4.79 Å². The van der Waals surface area contributed by atoms with E-state index in [0.717, 1.165) is 41.8 Å². The van der Waals surface area contributed by atoms with Crippen LogP contribution in [0.5, 0.6) is 5.88 Å². The molecule has 1 atom stereocenters. The first-order chi connectivity index (χ1) is 13.3. The van der Waals surface area contributed by atoms with Gasteiger partial charge in [0.1, 0.15) is 18.6 Å². The average molecular weight is 367 g/mol. The van der Waals surface area contributed by atoms with Gasteiger partial charge in [-0.15, -0.1) is 0 Å². The van der Waals surface area contributed by atoms with Gasteiger partial charge in [0.15, 0.2) is 6.10 Å². The van der Waals surface area contributed by atoms with Crippen molar-refractivity contribution in [2.75, 3.05) is 18.1 Å². The number of anilines is 1. The molecule has 1 amide bonds. The first kappa shape index (κ1) is 15.9. The number of rotatable bonds is 4. The van der Waals surface area contributed by atoms with Gasteiger partial charge < -0.3 is 18.5 Å². The summed E-state index contributed by atoms with van der Waals surface area (Å²) in [7, 11) is 0. The number of benzene rings is 1. The van der Waals surface area contributed by atoms with E-state index < -0.39 is 0 Å². The fourth-order valence-electron chi connectivity index (χ4n) is 3.59. The van der Waals surface area contributed by atoms with Crippen LogP contribution >= 0.6 is 0 Å². The predicted octanol–water partition coefficient (Wildman–Crippen LogP) is 3.22. The van der Waals surface area contributed by atoms with Gasteiger partial charge >= 0.3 is 6.09 Å². The van der Waals surface area contributed by atoms with Crippen molar-refractivity contribution in [1.29, 1.82) is 0 Å². The average Bonchev–Trinajstić information content (AvgIpc) is 3.40. The second-order valence-corrected chi connectivity index (χ2v) is 6.62. The van der Waals surface area contributed by atoms with Crippen molar-refractivity contribution < 1.29 is 23.3 Å². The third-order valence-corrected chi connectivity index (χ3v) is 4.89. The van der Waals surface area contributed by atoms with E-state index in [4.69, 9.17) is 18.5 Å². The maximum absolute atomic E-state index is 12.3. The Bertz CT molecular complexity index is 966. The normalized spacial score (nSPS) is 18.6. The Morgan fingerprint density at radius 3 is 3.07 bits per heavy atom. The van der Waals surface area contributed by atoms with Gasteiger partial charge in [-0.05, 0) is 41.3 Å². The summed E-state index contributed by atoms with van der Waals surface area (Å²) in [6.45, 7) is 0.651. The number of cyclic esters (lactones) is 1. The van der Waals surface area contributed by atoms with Crippen LogP contribution < -0.4 is 9.64 Å². The molecule has 1 aliphatic heterocycles. The van der Waals surface area contributed by atoms with Crippen molar-refractivity contribution in [2.45, 2.75) is 25.4 Å². The van der Waals surface area contributed by atoms with Crippen LogP contribution in [0.4, 0.5) is 10.5 Å². The minimum Gasteiger partial charge on any atom is -0.471 e. The minimum atomic E-state index is -0.372. The van der Waals surface area contributed by atoms with Gasteiger partial charge in [0, 0.05) is 23.7 Å². The van der Waals surface area contributed by atoms with Gasteiger partial charge in [-0.25, -0.2) is 4.79 Å². The highest BCUT2D eigenvalue weighted by Crippen LogP contribution is 2.35. The zero-order valence-electron chi connectivity index (χ0n) is 14.5. The van der Waals surface area contributed by atoms with E-state index >= 15 is 0 Å². The number of carbonyl (C=O) groups is 1. The zero-order chi connectivity index (χ0) is 18.2. The van der Waals surface area contributed by atoms with E-state index in [1.807, 2.05) is 12.1 Å². The number of aromatic nitrogens is 2. The largest absolute Gasteiger partial charge is 0.471 e. The predicted molar refractivity (Wildman–Crippen MR) is 93.6 cm³/mol. The van der Waals surface area contributed by atoms with Crippen molar-refractivity contribution in [1.82, 2.24) is 10.3 Å². The molecule has 1 aromatic carbocycles. The molecule has 1 saturated heterocycles. The van der Waals surface area contributed by atoms with Crippen LogP contribution in [0.1, 0.15) is 17.7 Å². The smallest absolute Gasteiger partial charge is 0.414 e. The molecule has 3 heterocycles. The maximum atomic E-state index is 12.3. The van der Waals surface area contributed by atoms with Crippen molar-refractivity contribution in [3.05, 3.63) is 48.0 Å². The number of carbonyl (C=O) groups excluding carboxylic acids is 1. The number of ether oxygens (including phenoxy) is 2. The number of hydrogen-bond donors (Lipinski definition) is 0. The van der Waals surface area contributed by atoms with Gasteiger partial charge in [-0.1, -0.05) is 11.2 Å². The molecule has 8 nitrogen and oxygen atoms in total. The van der Waals surface area contributed by atoms with Crippen LogP contribution in [0.15, 0.2) is 45.8 Å². The molecule has 8 heteroatoms. The molecule has 2 aliphatic rings. The molecule has 138 valence electrons. The third kappa shape index (κ3) is 2.92. The molecular weight excluding hydrogens is 350 g/mol. The fraction of sp³-hybridized carbons (Fsp3) is 0.316. The van der Waals surface area contributed by atoms with Crippen LogP contribution in [-0.4, -0.2) is 35.7 Å². The fourth-order valence-corrected chi connectivity index (χ4v) is 3.59. The first-order valence-corrected chi connectivity index (χ1v) is 8.86. The standard InChI is InChI=1S/C19H17N3O5/c23-19-22(10-14(26-19)11-24-18-6-7-25-21-18)13-4-5-15-12(8-13)2-1-3-17-16(15)9-20-27-17/h4-9,14H,1-3,10-11H2/t14-/m1/s1. The summed E-state index contributed by atoms with van der Waals surface area (Å²) in [6.07, 6.45) is 5.24. The number of amides is 1. The number of aryl methyl sites for hydroxylation is 2. The van der Waals surface area contributed by atoms with E-state index in [1.54, 1.807) is 17.2 Å². The van der Waals surface area contributed by atoms with E-state index in [1.165, 1.54) is 11.8 Å². The SMILES string of the molecule is O=C1O[C@@H](COc2ccon2)CN1c1ccc2c(c1)CCCc1oncc1-2. The topological polar surface area (TPSA) is 90.8 Å². The van der Waals surface area contributed by atoms with Gasteiger partial charge in [-0.3, -0.25) is 4.90 Å². The summed E-state index contributed by atoms with van der Waals surface area (Å²) in [4.78, 5) is 14.0. The summed E-state index contributed by atoms with van der Waals surface area (Å²) in [5.74, 6) is 1.30. The Morgan fingerprint density at radius 2 is 2.19 bits per heavy atom. The molecule has 0 unspecified atom stereocenters. The summed E-state index contributed by atoms with van der Waals surface area (Å²) in [5, 5.41) is 7.60. The summed E-state index contributed by atoms with van der Waals surface area (Å²) in [6, 6.07) is 7.63. The Hall–Kier alpha value is -3.29. The van der Waals surface area contributed by atoms with Crippen LogP contribution in [0.2, 0.25) is 0 Å². The lowest BCUT2D eigenvalue weighted by Crippen LogP contribution is -2.26. The molecule has 5 rings (SSSR count). The second-order valence-electron chi connectivity index (χ2n) is 6.62. The van der Waals surface area contributed by atoms with Crippen molar-refractivity contribution in [2.24, 2.45) is 0 Å². The highest BCUT2D eigenvalue weighted by molar-refractivity contribution is 5.90. The highest BCUT2D eigenvalue weighted by Gasteiger charge is 2.33. The molecule has 3 aromatic rings. The molecule has 1 aliphatic carbocycles. The molecule has 27 heavy (non-hydrogen) atoms. The number of nitrogens with zero attached hydrogens (tertiary/aromatic N) is 3. The number of fused-ring (bicyclic) bond motifs is 3. The summed E-state index contributed by atoms with van der Waals surface area (Å²) >= 11 is 0. The van der Waals surface area contributed by atoms with Crippen LogP contribution in [0, 0.1) is 0 Å². The van der Waals surface area contributed by atoms with E-state index in [-0.39, 0.29) is 18.8 Å². The number of hydrogen-bond acceptors (Lipinski definition) is 7. The van der Waals surface area contributed by atoms with Gasteiger partial charge in [0.2, 0.25) is 0 Å². The van der Waals surface area contributed by atoms with Gasteiger partial charge in [0.25, 0.3) is 5.88 Å². The quantitative estimate of drug-likeness (QED) is 0.699. The Morgan fingerprint density at radius 1 is 1.22 bits per heavy atom. The lowest BCUT2D eigenvalue weighted by Gasteiger charge is -2.16. The summed E-state index contributed by atoms with van der Waals surface area (Å²) < 4.78 is 21.0. The molecule has 2 aromatic heterocycles. The lowest BCUT2D eigenvalue weighted by molar-refractivity contribution is 0.102. The molecule has 0 saturated carbocycles. The van der Waals surface area contributed by atoms with Crippen LogP contribution in [0.3, 0.4) is 0 Å². The van der Waals surface area contributed by atoms with Crippen LogP contribution in [-0.2, 0) is 17.6 Å². The molecule has 1 fully saturated rings. The molecule has 0 radical (unpaired) electrons. The van der Waals surface area contributed by atoms with E-state index in [2.05, 4.69) is 16.4 Å². The third-order valence-electron chi connectivity index (χ3n) is 4.89. The van der Waals surface area contributed by atoms with Crippen molar-refractivity contribution >= 4 is 11.8 Å². The van der Waals surface area contributed by atoms with Crippen molar-refractivity contribution in [3.8, 4) is 17.0 Å². The second kappa shape index (κ2) is 6.46.